The lowest BCUT2D eigenvalue weighted by atomic mass is 10.2. The Morgan fingerprint density at radius 3 is 2.52 bits per heavy atom. The Bertz CT molecular complexity index is 1300. The summed E-state index contributed by atoms with van der Waals surface area (Å²) in [5, 5.41) is 3.87. The predicted molar refractivity (Wildman–Crippen MR) is 115 cm³/mol. The van der Waals surface area contributed by atoms with E-state index >= 15 is 0 Å². The number of benzene rings is 2. The van der Waals surface area contributed by atoms with Crippen molar-refractivity contribution in [3.8, 4) is 22.9 Å². The molecule has 1 N–H and O–H groups in total. The fourth-order valence-electron chi connectivity index (χ4n) is 3.30. The van der Waals surface area contributed by atoms with Crippen LogP contribution in [0.4, 0.5) is 5.69 Å². The van der Waals surface area contributed by atoms with Gasteiger partial charge in [-0.3, -0.25) is 9.59 Å². The molecule has 1 aliphatic rings. The quantitative estimate of drug-likeness (QED) is 0.486. The molecule has 2 amide bonds. The van der Waals surface area contributed by atoms with E-state index in [1.165, 1.54) is 32.4 Å². The Morgan fingerprint density at radius 1 is 1.06 bits per heavy atom. The zero-order valence-corrected chi connectivity index (χ0v) is 18.6. The Hall–Kier alpha value is -3.77. The van der Waals surface area contributed by atoms with Gasteiger partial charge in [0.25, 0.3) is 0 Å². The first kappa shape index (κ1) is 22.4. The van der Waals surface area contributed by atoms with Crippen molar-refractivity contribution in [2.75, 3.05) is 19.1 Å². The fourth-order valence-corrected chi connectivity index (χ4v) is 4.30. The highest BCUT2D eigenvalue weighted by atomic mass is 32.2. The van der Waals surface area contributed by atoms with Crippen molar-refractivity contribution in [2.45, 2.75) is 24.3 Å². The van der Waals surface area contributed by atoms with E-state index < -0.39 is 21.8 Å². The Kier molecular flexibility index (Phi) is 6.11. The highest BCUT2D eigenvalue weighted by Gasteiger charge is 2.33. The summed E-state index contributed by atoms with van der Waals surface area (Å²) in [6.45, 7) is -0.262. The summed E-state index contributed by atoms with van der Waals surface area (Å²) in [4.78, 5) is 29.3. The molecule has 0 saturated carbocycles. The standard InChI is InChI=1S/C21H20N4O7S/c1-30-14-5-3-4-13(10-14)21-23-18(32-24-21)12-22-33(28,29)15-6-7-17(31-2)16(11-15)25-19(26)8-9-20(25)27/h3-7,10-11,22H,8-9,12H2,1-2H3. The highest BCUT2D eigenvalue weighted by Crippen LogP contribution is 2.34. The van der Waals surface area contributed by atoms with E-state index in [1.807, 2.05) is 0 Å². The summed E-state index contributed by atoms with van der Waals surface area (Å²) in [5.74, 6) is 0.312. The monoisotopic (exact) mass is 472 g/mol. The minimum Gasteiger partial charge on any atom is -0.497 e. The molecule has 1 saturated heterocycles. The van der Waals surface area contributed by atoms with Gasteiger partial charge in [0.15, 0.2) is 0 Å². The Labute approximate surface area is 189 Å². The number of anilines is 1. The molecule has 1 aromatic heterocycles. The van der Waals surface area contributed by atoms with Gasteiger partial charge in [-0.05, 0) is 30.3 Å². The minimum absolute atomic E-state index is 0.0510. The molecule has 1 fully saturated rings. The second-order valence-electron chi connectivity index (χ2n) is 7.02. The van der Waals surface area contributed by atoms with Gasteiger partial charge in [0.2, 0.25) is 33.6 Å². The SMILES string of the molecule is COc1cccc(-c2noc(CNS(=O)(=O)c3ccc(OC)c(N4C(=O)CCC4=O)c3)n2)c1. The van der Waals surface area contributed by atoms with Gasteiger partial charge in [-0.2, -0.15) is 4.98 Å². The first-order chi connectivity index (χ1) is 15.8. The average molecular weight is 472 g/mol. The second-order valence-corrected chi connectivity index (χ2v) is 8.79. The van der Waals surface area contributed by atoms with Crippen LogP contribution in [0.2, 0.25) is 0 Å². The van der Waals surface area contributed by atoms with Crippen LogP contribution in [0.3, 0.4) is 0 Å². The lowest BCUT2D eigenvalue weighted by molar-refractivity contribution is -0.121. The number of methoxy groups -OCH3 is 2. The maximum atomic E-state index is 12.8. The average Bonchev–Trinajstić information content (AvgIpc) is 3.43. The van der Waals surface area contributed by atoms with E-state index in [-0.39, 0.29) is 47.4 Å². The zero-order valence-electron chi connectivity index (χ0n) is 17.8. The molecule has 0 spiro atoms. The molecular weight excluding hydrogens is 452 g/mol. The van der Waals surface area contributed by atoms with Gasteiger partial charge >= 0.3 is 0 Å². The molecule has 0 radical (unpaired) electrons. The van der Waals surface area contributed by atoms with E-state index in [0.29, 0.717) is 11.3 Å². The van der Waals surface area contributed by atoms with Gasteiger partial charge in [0, 0.05) is 18.4 Å². The number of ether oxygens (including phenoxy) is 2. The first-order valence-corrected chi connectivity index (χ1v) is 11.3. The highest BCUT2D eigenvalue weighted by molar-refractivity contribution is 7.89. The molecule has 12 heteroatoms. The van der Waals surface area contributed by atoms with Crippen LogP contribution in [0.5, 0.6) is 11.5 Å². The molecule has 0 aliphatic carbocycles. The van der Waals surface area contributed by atoms with Crippen molar-refractivity contribution in [1.82, 2.24) is 14.9 Å². The number of hydrogen-bond acceptors (Lipinski definition) is 9. The first-order valence-electron chi connectivity index (χ1n) is 9.83. The number of imide groups is 1. The summed E-state index contributed by atoms with van der Waals surface area (Å²) in [6, 6.07) is 10.9. The van der Waals surface area contributed by atoms with Crippen LogP contribution in [0.1, 0.15) is 18.7 Å². The molecule has 0 bridgehead atoms. The topological polar surface area (TPSA) is 141 Å². The number of nitrogens with one attached hydrogen (secondary N) is 1. The van der Waals surface area contributed by atoms with Gasteiger partial charge in [0.1, 0.15) is 11.5 Å². The van der Waals surface area contributed by atoms with Gasteiger partial charge < -0.3 is 14.0 Å². The van der Waals surface area contributed by atoms with Crippen molar-refractivity contribution < 1.29 is 32.0 Å². The Morgan fingerprint density at radius 2 is 1.82 bits per heavy atom. The predicted octanol–water partition coefficient (Wildman–Crippen LogP) is 1.89. The zero-order chi connectivity index (χ0) is 23.6. The molecule has 2 aromatic carbocycles. The molecular formula is C21H20N4O7S. The van der Waals surface area contributed by atoms with E-state index in [9.17, 15) is 18.0 Å². The minimum atomic E-state index is -4.04. The summed E-state index contributed by atoms with van der Waals surface area (Å²) >= 11 is 0. The Balaban J connectivity index is 1.54. The van der Waals surface area contributed by atoms with E-state index in [1.54, 1.807) is 24.3 Å². The van der Waals surface area contributed by atoms with Crippen LogP contribution in [-0.4, -0.2) is 44.6 Å². The number of sulfonamides is 1. The fraction of sp³-hybridized carbons (Fsp3) is 0.238. The van der Waals surface area contributed by atoms with Crippen molar-refractivity contribution in [1.29, 1.82) is 0 Å². The summed E-state index contributed by atoms with van der Waals surface area (Å²) in [7, 11) is -1.13. The maximum Gasteiger partial charge on any atom is 0.242 e. The smallest absolute Gasteiger partial charge is 0.242 e. The summed E-state index contributed by atoms with van der Waals surface area (Å²) in [6.07, 6.45) is 0.119. The molecule has 2 heterocycles. The van der Waals surface area contributed by atoms with Gasteiger partial charge in [0.05, 0.1) is 31.3 Å². The molecule has 172 valence electrons. The van der Waals surface area contributed by atoms with Gasteiger partial charge in [-0.25, -0.2) is 18.0 Å². The van der Waals surface area contributed by atoms with Crippen LogP contribution in [0.25, 0.3) is 11.4 Å². The lowest BCUT2D eigenvalue weighted by Gasteiger charge is -2.18. The molecule has 4 rings (SSSR count). The number of aromatic nitrogens is 2. The summed E-state index contributed by atoms with van der Waals surface area (Å²) in [5.41, 5.74) is 0.720. The molecule has 0 unspecified atom stereocenters. The third kappa shape index (κ3) is 4.56. The molecule has 3 aromatic rings. The van der Waals surface area contributed by atoms with Crippen LogP contribution in [0, 0.1) is 0 Å². The number of carbonyl (C=O) groups is 2. The number of rotatable bonds is 8. The number of carbonyl (C=O) groups excluding carboxylic acids is 2. The number of nitrogens with zero attached hydrogens (tertiary/aromatic N) is 3. The van der Waals surface area contributed by atoms with Gasteiger partial charge in [-0.15, -0.1) is 0 Å². The van der Waals surface area contributed by atoms with Crippen LogP contribution in [-0.2, 0) is 26.2 Å². The van der Waals surface area contributed by atoms with Gasteiger partial charge in [-0.1, -0.05) is 17.3 Å². The molecule has 0 atom stereocenters. The van der Waals surface area contributed by atoms with Crippen molar-refractivity contribution in [3.05, 3.63) is 48.4 Å². The molecule has 1 aliphatic heterocycles. The third-order valence-electron chi connectivity index (χ3n) is 4.96. The van der Waals surface area contributed by atoms with Crippen molar-refractivity contribution in [3.63, 3.8) is 0 Å². The normalized spacial score (nSPS) is 14.1. The molecule has 11 nitrogen and oxygen atoms in total. The molecule has 33 heavy (non-hydrogen) atoms. The summed E-state index contributed by atoms with van der Waals surface area (Å²) < 4.78 is 43.6. The van der Waals surface area contributed by atoms with Crippen LogP contribution < -0.4 is 19.1 Å². The maximum absolute atomic E-state index is 12.8. The second kappa shape index (κ2) is 9.00. The van der Waals surface area contributed by atoms with Crippen molar-refractivity contribution >= 4 is 27.5 Å². The van der Waals surface area contributed by atoms with E-state index in [0.717, 1.165) is 4.90 Å². The van der Waals surface area contributed by atoms with E-state index in [4.69, 9.17) is 14.0 Å². The largest absolute Gasteiger partial charge is 0.497 e. The number of amides is 2. The van der Waals surface area contributed by atoms with Crippen LogP contribution in [0.15, 0.2) is 51.9 Å². The van der Waals surface area contributed by atoms with Crippen LogP contribution >= 0.6 is 0 Å². The number of hydrogen-bond donors (Lipinski definition) is 1. The lowest BCUT2D eigenvalue weighted by Crippen LogP contribution is -2.29. The van der Waals surface area contributed by atoms with E-state index in [2.05, 4.69) is 14.9 Å². The third-order valence-corrected chi connectivity index (χ3v) is 6.36. The van der Waals surface area contributed by atoms with Crippen molar-refractivity contribution in [2.24, 2.45) is 0 Å².